The van der Waals surface area contributed by atoms with E-state index in [0.717, 1.165) is 11.5 Å². The summed E-state index contributed by atoms with van der Waals surface area (Å²) in [6, 6.07) is 1.84. The summed E-state index contributed by atoms with van der Waals surface area (Å²) >= 11 is 0. The molecular weight excluding hydrogens is 218 g/mol. The van der Waals surface area contributed by atoms with Crippen LogP contribution in [0.1, 0.15) is 5.69 Å². The Morgan fingerprint density at radius 3 is 2.82 bits per heavy atom. The number of nitrogens with one attached hydrogen (secondary N) is 1. The molecule has 0 aliphatic rings. The van der Waals surface area contributed by atoms with E-state index in [-0.39, 0.29) is 0 Å². The molecule has 6 heteroatoms. The van der Waals surface area contributed by atoms with Gasteiger partial charge < -0.3 is 10.1 Å². The van der Waals surface area contributed by atoms with E-state index in [1.165, 1.54) is 0 Å². The maximum absolute atomic E-state index is 5.06. The Morgan fingerprint density at radius 2 is 2.18 bits per heavy atom. The van der Waals surface area contributed by atoms with E-state index in [1.54, 1.807) is 32.7 Å². The molecule has 88 valence electrons. The third-order valence-corrected chi connectivity index (χ3v) is 2.12. The van der Waals surface area contributed by atoms with Crippen molar-refractivity contribution < 1.29 is 4.74 Å². The van der Waals surface area contributed by atoms with Crippen LogP contribution < -0.4 is 5.32 Å². The Kier molecular flexibility index (Phi) is 3.56. The Hall–Kier alpha value is -2.08. The molecule has 0 atom stereocenters. The zero-order chi connectivity index (χ0) is 12.1. The molecule has 0 aromatic carbocycles. The molecule has 0 fully saturated rings. The molecule has 0 amide bonds. The summed E-state index contributed by atoms with van der Waals surface area (Å²) in [6.07, 6.45) is 4.85. The predicted octanol–water partition coefficient (Wildman–Crippen LogP) is 1.12. The number of hydrogen-bond donors (Lipinski definition) is 1. The largest absolute Gasteiger partial charge is 0.378 e. The smallest absolute Gasteiger partial charge is 0.182 e. The summed E-state index contributed by atoms with van der Waals surface area (Å²) < 4.78 is 5.06. The molecule has 2 aromatic heterocycles. The highest BCUT2D eigenvalue weighted by molar-refractivity contribution is 5.51. The highest BCUT2D eigenvalue weighted by Crippen LogP contribution is 2.14. The average molecular weight is 231 g/mol. The number of hydrogen-bond acceptors (Lipinski definition) is 6. The van der Waals surface area contributed by atoms with Crippen molar-refractivity contribution in [3.05, 3.63) is 30.4 Å². The van der Waals surface area contributed by atoms with Crippen LogP contribution in [0.3, 0.4) is 0 Å². The fraction of sp³-hybridized carbons (Fsp3) is 0.273. The van der Waals surface area contributed by atoms with Gasteiger partial charge in [0, 0.05) is 32.6 Å². The fourth-order valence-corrected chi connectivity index (χ4v) is 1.38. The minimum absolute atomic E-state index is 0.435. The Bertz CT molecular complexity index is 488. The lowest BCUT2D eigenvalue weighted by Crippen LogP contribution is -2.02. The van der Waals surface area contributed by atoms with Crippen molar-refractivity contribution in [1.29, 1.82) is 0 Å². The molecule has 0 radical (unpaired) electrons. The second-order valence-corrected chi connectivity index (χ2v) is 3.34. The molecule has 0 saturated carbocycles. The van der Waals surface area contributed by atoms with Crippen molar-refractivity contribution >= 4 is 5.82 Å². The van der Waals surface area contributed by atoms with Gasteiger partial charge in [0.25, 0.3) is 0 Å². The van der Waals surface area contributed by atoms with Crippen LogP contribution in [-0.4, -0.2) is 34.1 Å². The van der Waals surface area contributed by atoms with Gasteiger partial charge in [-0.05, 0) is 0 Å². The molecular formula is C11H13N5O. The van der Waals surface area contributed by atoms with E-state index in [9.17, 15) is 0 Å². The second-order valence-electron chi connectivity index (χ2n) is 3.34. The molecule has 2 aromatic rings. The van der Waals surface area contributed by atoms with Crippen molar-refractivity contribution in [3.8, 4) is 11.5 Å². The van der Waals surface area contributed by atoms with Crippen molar-refractivity contribution in [1.82, 2.24) is 19.9 Å². The molecule has 0 unspecified atom stereocenters. The van der Waals surface area contributed by atoms with Gasteiger partial charge in [0.2, 0.25) is 0 Å². The zero-order valence-corrected chi connectivity index (χ0v) is 9.71. The Balaban J connectivity index is 2.43. The standard InChI is InChI=1S/C11H13N5O/c1-12-10-5-8(7-17-2)15-11(16-10)9-6-13-3-4-14-9/h3-6H,7H2,1-2H3,(H,12,15,16). The highest BCUT2D eigenvalue weighted by Gasteiger charge is 2.07. The maximum Gasteiger partial charge on any atom is 0.182 e. The average Bonchev–Trinajstić information content (AvgIpc) is 2.40. The topological polar surface area (TPSA) is 72.8 Å². The second kappa shape index (κ2) is 5.31. The Morgan fingerprint density at radius 1 is 1.29 bits per heavy atom. The van der Waals surface area contributed by atoms with Crippen LogP contribution in [-0.2, 0) is 11.3 Å². The van der Waals surface area contributed by atoms with Crippen LogP contribution in [0.5, 0.6) is 0 Å². The monoisotopic (exact) mass is 231 g/mol. The zero-order valence-electron chi connectivity index (χ0n) is 9.71. The number of nitrogens with zero attached hydrogens (tertiary/aromatic N) is 4. The van der Waals surface area contributed by atoms with Gasteiger partial charge in [-0.1, -0.05) is 0 Å². The fourth-order valence-electron chi connectivity index (χ4n) is 1.38. The number of ether oxygens (including phenoxy) is 1. The summed E-state index contributed by atoms with van der Waals surface area (Å²) in [6.45, 7) is 0.435. The molecule has 2 heterocycles. The van der Waals surface area contributed by atoms with E-state index in [1.807, 2.05) is 6.07 Å². The van der Waals surface area contributed by atoms with E-state index in [2.05, 4.69) is 25.3 Å². The lowest BCUT2D eigenvalue weighted by atomic mass is 10.3. The van der Waals surface area contributed by atoms with Gasteiger partial charge in [-0.15, -0.1) is 0 Å². The molecule has 0 saturated heterocycles. The van der Waals surface area contributed by atoms with Crippen LogP contribution in [0.4, 0.5) is 5.82 Å². The van der Waals surface area contributed by atoms with Crippen LogP contribution in [0.2, 0.25) is 0 Å². The minimum Gasteiger partial charge on any atom is -0.378 e. The number of rotatable bonds is 4. The first-order chi connectivity index (χ1) is 8.33. The van der Waals surface area contributed by atoms with Crippen LogP contribution in [0, 0.1) is 0 Å². The van der Waals surface area contributed by atoms with Crippen LogP contribution >= 0.6 is 0 Å². The first kappa shape index (κ1) is 11.4. The minimum atomic E-state index is 0.435. The van der Waals surface area contributed by atoms with Crippen LogP contribution in [0.25, 0.3) is 11.5 Å². The first-order valence-corrected chi connectivity index (χ1v) is 5.14. The summed E-state index contributed by atoms with van der Waals surface area (Å²) in [5.74, 6) is 1.27. The lowest BCUT2D eigenvalue weighted by Gasteiger charge is -2.06. The van der Waals surface area contributed by atoms with E-state index < -0.39 is 0 Å². The van der Waals surface area contributed by atoms with Gasteiger partial charge in [0.1, 0.15) is 11.5 Å². The van der Waals surface area contributed by atoms with Crippen molar-refractivity contribution in [2.75, 3.05) is 19.5 Å². The van der Waals surface area contributed by atoms with E-state index in [4.69, 9.17) is 4.74 Å². The van der Waals surface area contributed by atoms with Gasteiger partial charge >= 0.3 is 0 Å². The third kappa shape index (κ3) is 2.73. The lowest BCUT2D eigenvalue weighted by molar-refractivity contribution is 0.181. The Labute approximate surface area is 99.1 Å². The predicted molar refractivity (Wildman–Crippen MR) is 63.3 cm³/mol. The normalized spacial score (nSPS) is 10.2. The van der Waals surface area contributed by atoms with Gasteiger partial charge in [0.05, 0.1) is 18.5 Å². The molecule has 2 rings (SSSR count). The quantitative estimate of drug-likeness (QED) is 0.850. The summed E-state index contributed by atoms with van der Waals surface area (Å²) in [4.78, 5) is 16.9. The third-order valence-electron chi connectivity index (χ3n) is 2.12. The number of anilines is 1. The van der Waals surface area contributed by atoms with Gasteiger partial charge in [-0.2, -0.15) is 0 Å². The maximum atomic E-state index is 5.06. The SMILES string of the molecule is CNc1cc(COC)nc(-c2cnccn2)n1. The molecule has 0 spiro atoms. The van der Waals surface area contributed by atoms with E-state index >= 15 is 0 Å². The van der Waals surface area contributed by atoms with Crippen molar-refractivity contribution in [2.24, 2.45) is 0 Å². The molecule has 0 bridgehead atoms. The molecule has 0 aliphatic heterocycles. The summed E-state index contributed by atoms with van der Waals surface area (Å²) in [5, 5.41) is 2.98. The molecule has 17 heavy (non-hydrogen) atoms. The van der Waals surface area contributed by atoms with Crippen LogP contribution in [0.15, 0.2) is 24.7 Å². The number of methoxy groups -OCH3 is 1. The highest BCUT2D eigenvalue weighted by atomic mass is 16.5. The van der Waals surface area contributed by atoms with Crippen molar-refractivity contribution in [2.45, 2.75) is 6.61 Å². The first-order valence-electron chi connectivity index (χ1n) is 5.14. The van der Waals surface area contributed by atoms with E-state index in [0.29, 0.717) is 18.1 Å². The molecule has 1 N–H and O–H groups in total. The van der Waals surface area contributed by atoms with Gasteiger partial charge in [-0.25, -0.2) is 15.0 Å². The molecule has 6 nitrogen and oxygen atoms in total. The van der Waals surface area contributed by atoms with Gasteiger partial charge in [0.15, 0.2) is 5.82 Å². The van der Waals surface area contributed by atoms with Crippen molar-refractivity contribution in [3.63, 3.8) is 0 Å². The number of aromatic nitrogens is 4. The summed E-state index contributed by atoms with van der Waals surface area (Å²) in [7, 11) is 3.43. The van der Waals surface area contributed by atoms with Gasteiger partial charge in [-0.3, -0.25) is 4.98 Å². The summed E-state index contributed by atoms with van der Waals surface area (Å²) in [5.41, 5.74) is 1.44. The molecule has 0 aliphatic carbocycles.